The molecule has 1 aromatic heterocycles. The summed E-state index contributed by atoms with van der Waals surface area (Å²) < 4.78 is 1.51. The SMILES string of the molecule is C1=CC2=CC=C1C2.CCc1nc(NN)nc(=O)n1-c1ccccc1C. The van der Waals surface area contributed by atoms with E-state index in [4.69, 9.17) is 5.84 Å². The number of rotatable bonds is 3. The molecule has 2 aromatic rings. The quantitative estimate of drug-likeness (QED) is 0.665. The topological polar surface area (TPSA) is 85.8 Å². The lowest BCUT2D eigenvalue weighted by molar-refractivity contribution is 0.767. The van der Waals surface area contributed by atoms with E-state index >= 15 is 0 Å². The van der Waals surface area contributed by atoms with Crippen LogP contribution in [-0.4, -0.2) is 14.5 Å². The fourth-order valence-electron chi connectivity index (χ4n) is 2.82. The minimum atomic E-state index is -0.385. The molecule has 0 aliphatic heterocycles. The Kier molecular flexibility index (Phi) is 4.90. The Balaban J connectivity index is 0.000000213. The molecule has 6 heteroatoms. The molecule has 2 bridgehead atoms. The van der Waals surface area contributed by atoms with Gasteiger partial charge in [-0.3, -0.25) is 5.43 Å². The van der Waals surface area contributed by atoms with Crippen molar-refractivity contribution in [3.8, 4) is 5.69 Å². The van der Waals surface area contributed by atoms with Gasteiger partial charge in [-0.1, -0.05) is 49.4 Å². The van der Waals surface area contributed by atoms with E-state index in [1.807, 2.05) is 38.1 Å². The second-order valence-corrected chi connectivity index (χ2v) is 5.86. The molecular weight excluding hydrogens is 314 g/mol. The monoisotopic (exact) mass is 335 g/mol. The number of hydrogen-bond donors (Lipinski definition) is 2. The van der Waals surface area contributed by atoms with Gasteiger partial charge in [0, 0.05) is 6.42 Å². The maximum absolute atomic E-state index is 12.0. The number of nitrogens with one attached hydrogen (secondary N) is 1. The lowest BCUT2D eigenvalue weighted by atomic mass is 10.2. The van der Waals surface area contributed by atoms with E-state index in [0.29, 0.717) is 12.2 Å². The largest absolute Gasteiger partial charge is 0.356 e. The van der Waals surface area contributed by atoms with Crippen molar-refractivity contribution in [2.45, 2.75) is 26.7 Å². The van der Waals surface area contributed by atoms with Crippen molar-refractivity contribution in [3.63, 3.8) is 0 Å². The summed E-state index contributed by atoms with van der Waals surface area (Å²) in [6, 6.07) is 7.61. The molecule has 2 aliphatic carbocycles. The van der Waals surface area contributed by atoms with Crippen molar-refractivity contribution in [2.24, 2.45) is 5.84 Å². The number of para-hydroxylation sites is 1. The molecule has 0 saturated heterocycles. The van der Waals surface area contributed by atoms with Gasteiger partial charge in [0.05, 0.1) is 5.69 Å². The molecule has 3 N–H and O–H groups in total. The average molecular weight is 335 g/mol. The van der Waals surface area contributed by atoms with E-state index in [1.165, 1.54) is 22.1 Å². The number of benzene rings is 1. The van der Waals surface area contributed by atoms with Crippen LogP contribution in [0.1, 0.15) is 24.7 Å². The fraction of sp³-hybridized carbons (Fsp3) is 0.211. The third-order valence-corrected chi connectivity index (χ3v) is 4.12. The molecule has 0 saturated carbocycles. The molecule has 2 aliphatic rings. The lowest BCUT2D eigenvalue weighted by Gasteiger charge is -2.13. The van der Waals surface area contributed by atoms with Crippen molar-refractivity contribution < 1.29 is 0 Å². The first kappa shape index (κ1) is 16.9. The maximum Gasteiger partial charge on any atom is 0.356 e. The van der Waals surface area contributed by atoms with Crippen LogP contribution < -0.4 is 17.0 Å². The van der Waals surface area contributed by atoms with Crippen molar-refractivity contribution in [3.05, 3.63) is 81.6 Å². The molecule has 0 spiro atoms. The number of hydrogen-bond acceptors (Lipinski definition) is 5. The number of hydrazine groups is 1. The predicted molar refractivity (Wildman–Crippen MR) is 99.5 cm³/mol. The second kappa shape index (κ2) is 7.27. The summed E-state index contributed by atoms with van der Waals surface area (Å²) in [5, 5.41) is 0. The molecule has 0 atom stereocenters. The molecule has 6 nitrogen and oxygen atoms in total. The number of nitrogen functional groups attached to an aromatic ring is 1. The Bertz CT molecular complexity index is 917. The minimum absolute atomic E-state index is 0.140. The fourth-order valence-corrected chi connectivity index (χ4v) is 2.82. The molecule has 0 fully saturated rings. The number of fused-ring (bicyclic) bond motifs is 2. The van der Waals surface area contributed by atoms with E-state index < -0.39 is 0 Å². The van der Waals surface area contributed by atoms with Crippen LogP contribution in [0.3, 0.4) is 0 Å². The summed E-state index contributed by atoms with van der Waals surface area (Å²) in [6.07, 6.45) is 10.5. The first-order valence-corrected chi connectivity index (χ1v) is 8.22. The van der Waals surface area contributed by atoms with Crippen molar-refractivity contribution >= 4 is 5.95 Å². The Labute approximate surface area is 146 Å². The van der Waals surface area contributed by atoms with Crippen molar-refractivity contribution in [2.75, 3.05) is 5.43 Å². The van der Waals surface area contributed by atoms with Crippen LogP contribution in [-0.2, 0) is 6.42 Å². The number of aryl methyl sites for hydroxylation is 2. The minimum Gasteiger partial charge on any atom is -0.292 e. The normalized spacial score (nSPS) is 13.9. The molecule has 0 amide bonds. The zero-order valence-electron chi connectivity index (χ0n) is 14.4. The number of nitrogens with two attached hydrogens (primary N) is 1. The van der Waals surface area contributed by atoms with E-state index in [9.17, 15) is 4.79 Å². The highest BCUT2D eigenvalue weighted by Gasteiger charge is 2.11. The van der Waals surface area contributed by atoms with Gasteiger partial charge in [-0.05, 0) is 36.1 Å². The van der Waals surface area contributed by atoms with Gasteiger partial charge in [0.2, 0.25) is 5.95 Å². The van der Waals surface area contributed by atoms with Gasteiger partial charge < -0.3 is 0 Å². The highest BCUT2D eigenvalue weighted by molar-refractivity contribution is 5.49. The van der Waals surface area contributed by atoms with Crippen LogP contribution in [0.2, 0.25) is 0 Å². The van der Waals surface area contributed by atoms with Crippen LogP contribution in [0.4, 0.5) is 5.95 Å². The third-order valence-electron chi connectivity index (χ3n) is 4.12. The number of nitrogens with zero attached hydrogens (tertiary/aromatic N) is 3. The second-order valence-electron chi connectivity index (χ2n) is 5.86. The molecule has 4 rings (SSSR count). The van der Waals surface area contributed by atoms with Crippen molar-refractivity contribution in [1.82, 2.24) is 14.5 Å². The van der Waals surface area contributed by atoms with Crippen LogP contribution in [0.25, 0.3) is 5.69 Å². The van der Waals surface area contributed by atoms with Gasteiger partial charge in [-0.2, -0.15) is 9.97 Å². The first-order valence-electron chi connectivity index (χ1n) is 8.22. The van der Waals surface area contributed by atoms with Crippen LogP contribution in [0.5, 0.6) is 0 Å². The van der Waals surface area contributed by atoms with Gasteiger partial charge in [-0.15, -0.1) is 0 Å². The summed E-state index contributed by atoms with van der Waals surface area (Å²) in [6.45, 7) is 3.87. The molecule has 0 unspecified atom stereocenters. The van der Waals surface area contributed by atoms with Gasteiger partial charge in [0.25, 0.3) is 0 Å². The molecule has 0 radical (unpaired) electrons. The Morgan fingerprint density at radius 2 is 1.84 bits per heavy atom. The smallest absolute Gasteiger partial charge is 0.292 e. The molecular formula is C19H21N5O. The Morgan fingerprint density at radius 3 is 2.32 bits per heavy atom. The van der Waals surface area contributed by atoms with Gasteiger partial charge in [0.15, 0.2) is 0 Å². The van der Waals surface area contributed by atoms with Crippen molar-refractivity contribution in [1.29, 1.82) is 0 Å². The molecule has 1 aromatic carbocycles. The predicted octanol–water partition coefficient (Wildman–Crippen LogP) is 2.60. The van der Waals surface area contributed by atoms with Gasteiger partial charge in [0.1, 0.15) is 5.82 Å². The molecule has 128 valence electrons. The summed E-state index contributed by atoms with van der Waals surface area (Å²) in [4.78, 5) is 20.0. The highest BCUT2D eigenvalue weighted by atomic mass is 16.1. The van der Waals surface area contributed by atoms with E-state index in [2.05, 4.69) is 39.7 Å². The molecule has 1 heterocycles. The van der Waals surface area contributed by atoms with E-state index in [0.717, 1.165) is 11.3 Å². The summed E-state index contributed by atoms with van der Waals surface area (Å²) in [7, 11) is 0. The van der Waals surface area contributed by atoms with E-state index in [-0.39, 0.29) is 11.6 Å². The Hall–Kier alpha value is -2.99. The zero-order valence-corrected chi connectivity index (χ0v) is 14.4. The van der Waals surface area contributed by atoms with Crippen LogP contribution in [0.15, 0.2) is 64.5 Å². The average Bonchev–Trinajstić information content (AvgIpc) is 3.28. The molecule has 25 heavy (non-hydrogen) atoms. The van der Waals surface area contributed by atoms with E-state index in [1.54, 1.807) is 0 Å². The zero-order chi connectivity index (χ0) is 17.8. The summed E-state index contributed by atoms with van der Waals surface area (Å²) in [5.74, 6) is 6.00. The number of anilines is 1. The number of allylic oxidation sites excluding steroid dienone is 6. The lowest BCUT2D eigenvalue weighted by Crippen LogP contribution is -2.29. The number of aromatic nitrogens is 3. The maximum atomic E-state index is 12.0. The summed E-state index contributed by atoms with van der Waals surface area (Å²) in [5.41, 5.74) is 6.64. The standard InChI is InChI=1S/C12H15N5O.C7H6/c1-3-10-14-11(16-13)15-12(18)17(10)9-7-5-4-6-8(9)2;1-2-7-4-3-6(1)5-7/h4-7H,3,13H2,1-2H3,(H,15,16,18);1-4H,5H2. The van der Waals surface area contributed by atoms with Gasteiger partial charge in [-0.25, -0.2) is 15.2 Å². The highest BCUT2D eigenvalue weighted by Crippen LogP contribution is 2.27. The van der Waals surface area contributed by atoms with Crippen LogP contribution in [0, 0.1) is 6.92 Å². The summed E-state index contributed by atoms with van der Waals surface area (Å²) >= 11 is 0. The third kappa shape index (κ3) is 3.59. The van der Waals surface area contributed by atoms with Crippen LogP contribution >= 0.6 is 0 Å². The van der Waals surface area contributed by atoms with Gasteiger partial charge >= 0.3 is 5.69 Å². The Morgan fingerprint density at radius 1 is 1.16 bits per heavy atom. The first-order chi connectivity index (χ1) is 12.1.